The molecule has 0 aliphatic rings. The molecule has 0 heterocycles. The fourth-order valence-corrected chi connectivity index (χ4v) is 1.09. The van der Waals surface area contributed by atoms with Crippen LogP contribution in [-0.4, -0.2) is 24.0 Å². The fourth-order valence-electron chi connectivity index (χ4n) is 1.09. The lowest BCUT2D eigenvalue weighted by Crippen LogP contribution is -2.00. The number of nitrogens with zero attached hydrogens (tertiary/aromatic N) is 1. The molecular weight excluding hydrogens is 174 g/mol. The van der Waals surface area contributed by atoms with Crippen molar-refractivity contribution in [1.82, 2.24) is 0 Å². The molecule has 0 saturated carbocycles. The van der Waals surface area contributed by atoms with Gasteiger partial charge in [0, 0.05) is 18.3 Å². The lowest BCUT2D eigenvalue weighted by molar-refractivity contribution is 0.244. The van der Waals surface area contributed by atoms with Gasteiger partial charge in [-0.1, -0.05) is 13.0 Å². The van der Waals surface area contributed by atoms with Gasteiger partial charge in [-0.05, 0) is 32.4 Å². The third-order valence-electron chi connectivity index (χ3n) is 1.76. The molecule has 2 nitrogen and oxygen atoms in total. The average molecular weight is 193 g/mol. The smallest absolute Gasteiger partial charge is 0.0696 e. The molecule has 0 aromatic rings. The maximum atomic E-state index is 9.12. The summed E-state index contributed by atoms with van der Waals surface area (Å²) in [6.07, 6.45) is 5.88. The summed E-state index contributed by atoms with van der Waals surface area (Å²) in [5.41, 5.74) is 5.05. The first-order chi connectivity index (χ1) is 6.65. The summed E-state index contributed by atoms with van der Waals surface area (Å²) >= 11 is 0. The molecular formula is C12H19NO. The molecule has 0 aliphatic heterocycles. The van der Waals surface area contributed by atoms with Crippen LogP contribution in [0.15, 0.2) is 34.5 Å². The zero-order chi connectivity index (χ0) is 11.0. The molecule has 0 bridgehead atoms. The summed E-state index contributed by atoms with van der Waals surface area (Å²) in [5.74, 6) is 0. The second-order valence-corrected chi connectivity index (χ2v) is 2.97. The van der Waals surface area contributed by atoms with E-state index in [1.807, 2.05) is 19.1 Å². The molecule has 78 valence electrons. The van der Waals surface area contributed by atoms with Gasteiger partial charge in [0.25, 0.3) is 0 Å². The van der Waals surface area contributed by atoms with Gasteiger partial charge >= 0.3 is 0 Å². The van der Waals surface area contributed by atoms with Crippen LogP contribution >= 0.6 is 0 Å². The van der Waals surface area contributed by atoms with Crippen LogP contribution in [0.2, 0.25) is 0 Å². The molecule has 0 saturated heterocycles. The Morgan fingerprint density at radius 1 is 1.57 bits per heavy atom. The molecule has 0 rings (SSSR count). The summed E-state index contributed by atoms with van der Waals surface area (Å²) in [4.78, 5) is 4.17. The molecule has 0 amide bonds. The third-order valence-corrected chi connectivity index (χ3v) is 1.76. The van der Waals surface area contributed by atoms with Gasteiger partial charge in [0.05, 0.1) is 6.10 Å². The minimum absolute atomic E-state index is 0.432. The molecule has 14 heavy (non-hydrogen) atoms. The van der Waals surface area contributed by atoms with E-state index in [-0.39, 0.29) is 0 Å². The standard InChI is InChI=1S/C12H19NO/c1-5-7-11(9-8-10(3)14)12(6-2)13-4/h5,8-10,14H,6H2,1-4H3/b9-8-,13-12+. The predicted molar refractivity (Wildman–Crippen MR) is 61.7 cm³/mol. The molecule has 0 radical (unpaired) electrons. The number of aliphatic hydroxyl groups is 1. The van der Waals surface area contributed by atoms with Crippen molar-refractivity contribution in [2.75, 3.05) is 7.05 Å². The SMILES string of the molecule is CC=C=C(/C=C\C(C)O)/C(CC)=N/C. The number of hydrogen-bond donors (Lipinski definition) is 1. The van der Waals surface area contributed by atoms with E-state index < -0.39 is 6.10 Å². The molecule has 0 fully saturated rings. The zero-order valence-corrected chi connectivity index (χ0v) is 9.41. The van der Waals surface area contributed by atoms with E-state index in [2.05, 4.69) is 17.6 Å². The second kappa shape index (κ2) is 7.31. The molecule has 0 aromatic carbocycles. The van der Waals surface area contributed by atoms with Crippen LogP contribution in [-0.2, 0) is 0 Å². The zero-order valence-electron chi connectivity index (χ0n) is 9.41. The maximum absolute atomic E-state index is 9.12. The Morgan fingerprint density at radius 3 is 2.57 bits per heavy atom. The second-order valence-electron chi connectivity index (χ2n) is 2.97. The Morgan fingerprint density at radius 2 is 2.21 bits per heavy atom. The number of hydrogen-bond acceptors (Lipinski definition) is 2. The third kappa shape index (κ3) is 4.80. The monoisotopic (exact) mass is 193 g/mol. The Labute approximate surface area is 86.4 Å². The Hall–Kier alpha value is -1.11. The van der Waals surface area contributed by atoms with Crippen molar-refractivity contribution in [2.24, 2.45) is 4.99 Å². The minimum Gasteiger partial charge on any atom is -0.389 e. The van der Waals surface area contributed by atoms with Gasteiger partial charge in [-0.2, -0.15) is 0 Å². The van der Waals surface area contributed by atoms with E-state index in [1.54, 1.807) is 20.0 Å². The highest BCUT2D eigenvalue weighted by molar-refractivity contribution is 6.02. The average Bonchev–Trinajstić information content (AvgIpc) is 2.15. The van der Waals surface area contributed by atoms with E-state index in [9.17, 15) is 0 Å². The van der Waals surface area contributed by atoms with Crippen molar-refractivity contribution in [2.45, 2.75) is 33.3 Å². The topological polar surface area (TPSA) is 32.6 Å². The van der Waals surface area contributed by atoms with Gasteiger partial charge in [-0.25, -0.2) is 0 Å². The first kappa shape index (κ1) is 12.9. The molecule has 0 aliphatic carbocycles. The minimum atomic E-state index is -0.432. The number of aliphatic hydroxyl groups excluding tert-OH is 1. The molecule has 0 spiro atoms. The molecule has 2 heteroatoms. The highest BCUT2D eigenvalue weighted by atomic mass is 16.3. The normalized spacial score (nSPS) is 13.9. The number of aliphatic imine (C=N–C) groups is 1. The maximum Gasteiger partial charge on any atom is 0.0696 e. The molecule has 1 atom stereocenters. The van der Waals surface area contributed by atoms with Crippen molar-refractivity contribution in [3.05, 3.63) is 29.5 Å². The summed E-state index contributed by atoms with van der Waals surface area (Å²) < 4.78 is 0. The Balaban J connectivity index is 4.90. The summed E-state index contributed by atoms with van der Waals surface area (Å²) in [7, 11) is 1.77. The van der Waals surface area contributed by atoms with Crippen LogP contribution < -0.4 is 0 Å². The van der Waals surface area contributed by atoms with Gasteiger partial charge in [-0.3, -0.25) is 4.99 Å². The van der Waals surface area contributed by atoms with Crippen LogP contribution in [0.3, 0.4) is 0 Å². The lowest BCUT2D eigenvalue weighted by atomic mass is 10.1. The van der Waals surface area contributed by atoms with Crippen LogP contribution in [0, 0.1) is 0 Å². The van der Waals surface area contributed by atoms with E-state index in [4.69, 9.17) is 5.11 Å². The quantitative estimate of drug-likeness (QED) is 0.415. The van der Waals surface area contributed by atoms with Gasteiger partial charge in [0.1, 0.15) is 0 Å². The first-order valence-corrected chi connectivity index (χ1v) is 4.89. The van der Waals surface area contributed by atoms with E-state index >= 15 is 0 Å². The lowest BCUT2D eigenvalue weighted by Gasteiger charge is -2.01. The van der Waals surface area contributed by atoms with Crippen molar-refractivity contribution in [3.63, 3.8) is 0 Å². The molecule has 1 N–H and O–H groups in total. The van der Waals surface area contributed by atoms with Crippen LogP contribution in [0.5, 0.6) is 0 Å². The van der Waals surface area contributed by atoms with Crippen LogP contribution in [0.1, 0.15) is 27.2 Å². The number of rotatable bonds is 4. The molecule has 1 unspecified atom stereocenters. The van der Waals surface area contributed by atoms with Gasteiger partial charge in [0.15, 0.2) is 0 Å². The summed E-state index contributed by atoms with van der Waals surface area (Å²) in [6.45, 7) is 5.69. The molecule has 0 aromatic heterocycles. The number of allylic oxidation sites excluding steroid dienone is 2. The highest BCUT2D eigenvalue weighted by Crippen LogP contribution is 2.03. The largest absolute Gasteiger partial charge is 0.389 e. The fraction of sp³-hybridized carbons (Fsp3) is 0.500. The van der Waals surface area contributed by atoms with Crippen LogP contribution in [0.4, 0.5) is 0 Å². The first-order valence-electron chi connectivity index (χ1n) is 4.89. The Bertz CT molecular complexity index is 279. The van der Waals surface area contributed by atoms with Gasteiger partial charge < -0.3 is 5.11 Å². The van der Waals surface area contributed by atoms with E-state index in [0.717, 1.165) is 17.7 Å². The summed E-state index contributed by atoms with van der Waals surface area (Å²) in [6, 6.07) is 0. The van der Waals surface area contributed by atoms with Crippen molar-refractivity contribution in [1.29, 1.82) is 0 Å². The summed E-state index contributed by atoms with van der Waals surface area (Å²) in [5, 5.41) is 9.12. The van der Waals surface area contributed by atoms with E-state index in [0.29, 0.717) is 0 Å². The Kier molecular flexibility index (Phi) is 6.73. The van der Waals surface area contributed by atoms with Crippen molar-refractivity contribution in [3.8, 4) is 0 Å². The van der Waals surface area contributed by atoms with E-state index in [1.165, 1.54) is 0 Å². The highest BCUT2D eigenvalue weighted by Gasteiger charge is 1.99. The van der Waals surface area contributed by atoms with Gasteiger partial charge in [0.2, 0.25) is 0 Å². The van der Waals surface area contributed by atoms with Crippen molar-refractivity contribution < 1.29 is 5.11 Å². The van der Waals surface area contributed by atoms with Crippen LogP contribution in [0.25, 0.3) is 0 Å². The van der Waals surface area contributed by atoms with Crippen molar-refractivity contribution >= 4 is 5.71 Å². The van der Waals surface area contributed by atoms with Gasteiger partial charge in [-0.15, -0.1) is 5.73 Å². The predicted octanol–water partition coefficient (Wildman–Crippen LogP) is 2.51.